The summed E-state index contributed by atoms with van der Waals surface area (Å²) >= 11 is 2.98. The van der Waals surface area contributed by atoms with Gasteiger partial charge in [-0.05, 0) is 34.3 Å². The first-order chi connectivity index (χ1) is 6.11. The van der Waals surface area contributed by atoms with Crippen LogP contribution in [0.15, 0.2) is 23.3 Å². The number of hydrogen-bond donors (Lipinski definition) is 0. The van der Waals surface area contributed by atoms with Crippen molar-refractivity contribution in [1.29, 1.82) is 0 Å². The first kappa shape index (κ1) is 9.13. The summed E-state index contributed by atoms with van der Waals surface area (Å²) in [5, 5.41) is 0. The van der Waals surface area contributed by atoms with Gasteiger partial charge in [-0.15, -0.1) is 0 Å². The molecule has 1 unspecified atom stereocenters. The van der Waals surface area contributed by atoms with Crippen molar-refractivity contribution in [3.8, 4) is 0 Å². The Morgan fingerprint density at radius 3 is 2.92 bits per heavy atom. The van der Waals surface area contributed by atoms with Gasteiger partial charge in [-0.1, -0.05) is 12.2 Å². The molecule has 2 aliphatic carbocycles. The number of halogens is 2. The molecule has 0 bridgehead atoms. The van der Waals surface area contributed by atoms with Gasteiger partial charge in [-0.3, -0.25) is 4.79 Å². The van der Waals surface area contributed by atoms with Crippen LogP contribution in [0.1, 0.15) is 25.7 Å². The maximum atomic E-state index is 13.8. The summed E-state index contributed by atoms with van der Waals surface area (Å²) in [5.41, 5.74) is 1.24. The number of carbonyl (C=O) groups excluding carboxylic acids is 1. The van der Waals surface area contributed by atoms with Crippen LogP contribution in [-0.2, 0) is 4.79 Å². The average Bonchev–Trinajstić information content (AvgIpc) is 2.02. The molecule has 0 heterocycles. The van der Waals surface area contributed by atoms with Crippen molar-refractivity contribution in [1.82, 2.24) is 0 Å². The van der Waals surface area contributed by atoms with E-state index in [1.807, 2.05) is 6.08 Å². The average molecular weight is 245 g/mol. The lowest BCUT2D eigenvalue weighted by Gasteiger charge is -2.28. The normalized spacial score (nSPS) is 33.5. The molecule has 70 valence electrons. The molecule has 0 saturated carbocycles. The van der Waals surface area contributed by atoms with E-state index in [1.165, 1.54) is 0 Å². The quantitative estimate of drug-likeness (QED) is 0.599. The zero-order valence-electron chi connectivity index (χ0n) is 7.15. The topological polar surface area (TPSA) is 17.1 Å². The number of rotatable bonds is 0. The van der Waals surface area contributed by atoms with Crippen molar-refractivity contribution < 1.29 is 9.18 Å². The van der Waals surface area contributed by atoms with Gasteiger partial charge in [0, 0.05) is 18.4 Å². The van der Waals surface area contributed by atoms with Crippen molar-refractivity contribution in [2.24, 2.45) is 0 Å². The summed E-state index contributed by atoms with van der Waals surface area (Å²) in [7, 11) is 0. The number of alkyl halides is 2. The summed E-state index contributed by atoms with van der Waals surface area (Å²) in [5.74, 6) is -0.0371. The number of ketones is 1. The Hall–Kier alpha value is -0.440. The summed E-state index contributed by atoms with van der Waals surface area (Å²) in [6.45, 7) is 0. The highest BCUT2D eigenvalue weighted by molar-refractivity contribution is 9.10. The third kappa shape index (κ3) is 1.50. The second kappa shape index (κ2) is 3.05. The number of allylic oxidation sites excluding steroid dienone is 4. The van der Waals surface area contributed by atoms with Crippen LogP contribution in [0.5, 0.6) is 0 Å². The van der Waals surface area contributed by atoms with Crippen LogP contribution in [0.4, 0.5) is 4.39 Å². The number of hydrogen-bond acceptors (Lipinski definition) is 1. The van der Waals surface area contributed by atoms with Crippen molar-refractivity contribution in [2.75, 3.05) is 0 Å². The SMILES string of the molecule is O=C1CCCC2=C1C(F)(Br)CC=C2. The highest BCUT2D eigenvalue weighted by Gasteiger charge is 2.39. The molecule has 0 aromatic carbocycles. The predicted molar refractivity (Wildman–Crippen MR) is 52.4 cm³/mol. The maximum absolute atomic E-state index is 13.8. The second-order valence-corrected chi connectivity index (χ2v) is 4.74. The summed E-state index contributed by atoms with van der Waals surface area (Å²) in [6, 6.07) is 0. The molecule has 1 nitrogen and oxygen atoms in total. The highest BCUT2D eigenvalue weighted by atomic mass is 79.9. The van der Waals surface area contributed by atoms with Gasteiger partial charge in [0.05, 0.1) is 0 Å². The minimum absolute atomic E-state index is 0.0371. The molecule has 0 aliphatic heterocycles. The van der Waals surface area contributed by atoms with Crippen molar-refractivity contribution in [2.45, 2.75) is 30.3 Å². The van der Waals surface area contributed by atoms with E-state index in [9.17, 15) is 9.18 Å². The number of carbonyl (C=O) groups is 1. The molecule has 2 aliphatic rings. The maximum Gasteiger partial charge on any atom is 0.197 e. The van der Waals surface area contributed by atoms with Gasteiger partial charge in [0.15, 0.2) is 10.4 Å². The van der Waals surface area contributed by atoms with Gasteiger partial charge in [-0.2, -0.15) is 0 Å². The third-order valence-electron chi connectivity index (χ3n) is 2.51. The Morgan fingerprint density at radius 1 is 1.46 bits per heavy atom. The second-order valence-electron chi connectivity index (χ2n) is 3.49. The summed E-state index contributed by atoms with van der Waals surface area (Å²) in [4.78, 5) is 11.5. The molecule has 3 heteroatoms. The molecule has 0 aromatic heterocycles. The van der Waals surface area contributed by atoms with Gasteiger partial charge >= 0.3 is 0 Å². The molecule has 0 aromatic rings. The molecule has 0 saturated heterocycles. The first-order valence-corrected chi connectivity index (χ1v) is 5.22. The monoisotopic (exact) mass is 244 g/mol. The van der Waals surface area contributed by atoms with E-state index in [0.717, 1.165) is 18.4 Å². The summed E-state index contributed by atoms with van der Waals surface area (Å²) in [6.07, 6.45) is 6.10. The van der Waals surface area contributed by atoms with Crippen LogP contribution in [0.25, 0.3) is 0 Å². The molecular formula is C10H10BrFO. The van der Waals surface area contributed by atoms with Crippen molar-refractivity contribution >= 4 is 21.7 Å². The van der Waals surface area contributed by atoms with E-state index >= 15 is 0 Å². The van der Waals surface area contributed by atoms with E-state index < -0.39 is 4.58 Å². The van der Waals surface area contributed by atoms with Crippen molar-refractivity contribution in [3.05, 3.63) is 23.3 Å². The highest BCUT2D eigenvalue weighted by Crippen LogP contribution is 2.42. The lowest BCUT2D eigenvalue weighted by Crippen LogP contribution is -2.28. The molecule has 0 fully saturated rings. The van der Waals surface area contributed by atoms with Crippen LogP contribution in [-0.4, -0.2) is 10.4 Å². The van der Waals surface area contributed by atoms with Crippen molar-refractivity contribution in [3.63, 3.8) is 0 Å². The fourth-order valence-electron chi connectivity index (χ4n) is 1.93. The van der Waals surface area contributed by atoms with E-state index in [0.29, 0.717) is 12.0 Å². The molecule has 0 spiro atoms. The fourth-order valence-corrected chi connectivity index (χ4v) is 2.59. The Morgan fingerprint density at radius 2 is 2.23 bits per heavy atom. The molecular weight excluding hydrogens is 235 g/mol. The predicted octanol–water partition coefficient (Wildman–Crippen LogP) is 3.06. The lowest BCUT2D eigenvalue weighted by atomic mass is 9.84. The van der Waals surface area contributed by atoms with Crippen LogP contribution in [0.3, 0.4) is 0 Å². The van der Waals surface area contributed by atoms with E-state index in [1.54, 1.807) is 6.08 Å². The Balaban J connectivity index is 2.48. The lowest BCUT2D eigenvalue weighted by molar-refractivity contribution is -0.116. The van der Waals surface area contributed by atoms with Crippen LogP contribution in [0.2, 0.25) is 0 Å². The minimum Gasteiger partial charge on any atom is -0.294 e. The molecule has 0 radical (unpaired) electrons. The first-order valence-electron chi connectivity index (χ1n) is 4.42. The van der Waals surface area contributed by atoms with Gasteiger partial charge in [0.1, 0.15) is 0 Å². The van der Waals surface area contributed by atoms with Gasteiger partial charge in [0.2, 0.25) is 0 Å². The largest absolute Gasteiger partial charge is 0.294 e. The van der Waals surface area contributed by atoms with Crippen LogP contribution < -0.4 is 0 Å². The molecule has 13 heavy (non-hydrogen) atoms. The zero-order valence-corrected chi connectivity index (χ0v) is 8.73. The van der Waals surface area contributed by atoms with E-state index in [2.05, 4.69) is 15.9 Å². The standard InChI is InChI=1S/C10H10BrFO/c11-10(12)6-2-4-7-3-1-5-8(13)9(7)10/h2,4H,1,3,5-6H2. The molecule has 0 amide bonds. The Labute approximate surface area is 84.8 Å². The van der Waals surface area contributed by atoms with E-state index in [-0.39, 0.29) is 12.2 Å². The smallest absolute Gasteiger partial charge is 0.197 e. The summed E-state index contributed by atoms with van der Waals surface area (Å²) < 4.78 is 12.2. The Kier molecular flexibility index (Phi) is 2.14. The van der Waals surface area contributed by atoms with Gasteiger partial charge < -0.3 is 0 Å². The Bertz CT molecular complexity index is 315. The zero-order chi connectivity index (χ0) is 9.47. The van der Waals surface area contributed by atoms with Gasteiger partial charge in [-0.25, -0.2) is 4.39 Å². The van der Waals surface area contributed by atoms with E-state index in [4.69, 9.17) is 0 Å². The van der Waals surface area contributed by atoms with Crippen LogP contribution >= 0.6 is 15.9 Å². The van der Waals surface area contributed by atoms with Crippen LogP contribution in [0, 0.1) is 0 Å². The fraction of sp³-hybridized carbons (Fsp3) is 0.500. The third-order valence-corrected chi connectivity index (χ3v) is 3.23. The minimum atomic E-state index is -1.60. The molecule has 2 rings (SSSR count). The molecule has 1 atom stereocenters. The van der Waals surface area contributed by atoms with Gasteiger partial charge in [0.25, 0.3) is 0 Å². The molecule has 0 N–H and O–H groups in total. The number of Topliss-reactive ketones (excluding diaryl/α,β-unsaturated/α-hetero) is 1.